The lowest BCUT2D eigenvalue weighted by atomic mass is 10.1. The van der Waals surface area contributed by atoms with Crippen molar-refractivity contribution in [1.82, 2.24) is 19.9 Å². The SMILES string of the molecule is O=C1C[C@H]2[C@@H](CCN2c2ncc(F)cn2)N1Cc1cccnc1. The van der Waals surface area contributed by atoms with Crippen LogP contribution in [0.3, 0.4) is 0 Å². The Bertz CT molecular complexity index is 708. The highest BCUT2D eigenvalue weighted by molar-refractivity contribution is 5.81. The number of carbonyl (C=O) groups excluding carboxylic acids is 1. The van der Waals surface area contributed by atoms with Gasteiger partial charge in [-0.25, -0.2) is 14.4 Å². The number of pyridine rings is 1. The normalized spacial score (nSPS) is 23.4. The molecule has 2 aromatic rings. The zero-order chi connectivity index (χ0) is 15.8. The third-order valence-corrected chi connectivity index (χ3v) is 4.55. The number of likely N-dealkylation sites (tertiary alicyclic amines) is 1. The molecule has 2 atom stereocenters. The number of hydrogen-bond acceptors (Lipinski definition) is 5. The number of amides is 1. The molecule has 0 unspecified atom stereocenters. The topological polar surface area (TPSA) is 62.2 Å². The molecule has 118 valence electrons. The fourth-order valence-corrected chi connectivity index (χ4v) is 3.52. The third-order valence-electron chi connectivity index (χ3n) is 4.55. The van der Waals surface area contributed by atoms with Gasteiger partial charge in [-0.1, -0.05) is 6.07 Å². The molecular weight excluding hydrogens is 297 g/mol. The summed E-state index contributed by atoms with van der Waals surface area (Å²) in [7, 11) is 0. The van der Waals surface area contributed by atoms with Gasteiger partial charge in [-0.05, 0) is 18.1 Å². The van der Waals surface area contributed by atoms with Gasteiger partial charge in [0.05, 0.1) is 24.5 Å². The number of hydrogen-bond donors (Lipinski definition) is 0. The smallest absolute Gasteiger partial charge is 0.225 e. The predicted molar refractivity (Wildman–Crippen MR) is 80.9 cm³/mol. The molecular formula is C16H16FN5O. The number of carbonyl (C=O) groups is 1. The van der Waals surface area contributed by atoms with Crippen molar-refractivity contribution in [2.75, 3.05) is 11.4 Å². The van der Waals surface area contributed by atoms with E-state index in [2.05, 4.69) is 15.0 Å². The average molecular weight is 313 g/mol. The summed E-state index contributed by atoms with van der Waals surface area (Å²) in [6, 6.07) is 4.06. The molecule has 0 radical (unpaired) electrons. The van der Waals surface area contributed by atoms with E-state index in [1.807, 2.05) is 21.9 Å². The largest absolute Gasteiger partial charge is 0.335 e. The van der Waals surface area contributed by atoms with Crippen molar-refractivity contribution in [1.29, 1.82) is 0 Å². The van der Waals surface area contributed by atoms with Gasteiger partial charge in [-0.3, -0.25) is 9.78 Å². The van der Waals surface area contributed by atoms with Gasteiger partial charge < -0.3 is 9.80 Å². The Hall–Kier alpha value is -2.57. The molecule has 0 N–H and O–H groups in total. The zero-order valence-corrected chi connectivity index (χ0v) is 12.5. The van der Waals surface area contributed by atoms with E-state index in [9.17, 15) is 9.18 Å². The van der Waals surface area contributed by atoms with Gasteiger partial charge in [-0.15, -0.1) is 0 Å². The molecule has 4 heterocycles. The van der Waals surface area contributed by atoms with Crippen LogP contribution < -0.4 is 4.90 Å². The standard InChI is InChI=1S/C16H16FN5O/c17-12-8-19-16(20-9-12)21-5-3-13-14(21)6-15(23)22(13)10-11-2-1-4-18-7-11/h1-2,4,7-9,13-14H,3,5-6,10H2/t13-,14+/m1/s1. The second kappa shape index (κ2) is 5.57. The lowest BCUT2D eigenvalue weighted by Gasteiger charge is -2.25. The number of aromatic nitrogens is 3. The minimum absolute atomic E-state index is 0.0598. The van der Waals surface area contributed by atoms with Crippen molar-refractivity contribution in [2.45, 2.75) is 31.5 Å². The van der Waals surface area contributed by atoms with E-state index in [-0.39, 0.29) is 18.0 Å². The molecule has 1 amide bonds. The highest BCUT2D eigenvalue weighted by Crippen LogP contribution is 2.35. The van der Waals surface area contributed by atoms with E-state index < -0.39 is 5.82 Å². The first-order chi connectivity index (χ1) is 11.2. The maximum Gasteiger partial charge on any atom is 0.225 e. The van der Waals surface area contributed by atoms with E-state index >= 15 is 0 Å². The molecule has 0 saturated carbocycles. The van der Waals surface area contributed by atoms with Gasteiger partial charge in [0.2, 0.25) is 11.9 Å². The molecule has 7 heteroatoms. The summed E-state index contributed by atoms with van der Waals surface area (Å²) < 4.78 is 13.0. The molecule has 0 bridgehead atoms. The van der Waals surface area contributed by atoms with Crippen LogP contribution in [-0.4, -0.2) is 44.4 Å². The minimum atomic E-state index is -0.454. The maximum absolute atomic E-state index is 13.0. The molecule has 4 rings (SSSR count). The molecule has 2 fully saturated rings. The van der Waals surface area contributed by atoms with E-state index in [0.29, 0.717) is 18.9 Å². The molecule has 6 nitrogen and oxygen atoms in total. The monoisotopic (exact) mass is 313 g/mol. The van der Waals surface area contributed by atoms with Crippen molar-refractivity contribution in [3.8, 4) is 0 Å². The number of rotatable bonds is 3. The van der Waals surface area contributed by atoms with Crippen LogP contribution in [0.25, 0.3) is 0 Å². The number of nitrogens with zero attached hydrogens (tertiary/aromatic N) is 5. The highest BCUT2D eigenvalue weighted by atomic mass is 19.1. The summed E-state index contributed by atoms with van der Waals surface area (Å²) in [5, 5.41) is 0. The zero-order valence-electron chi connectivity index (χ0n) is 12.5. The van der Waals surface area contributed by atoms with Crippen LogP contribution >= 0.6 is 0 Å². The highest BCUT2D eigenvalue weighted by Gasteiger charge is 2.47. The molecule has 0 spiro atoms. The van der Waals surface area contributed by atoms with Crippen LogP contribution in [0, 0.1) is 5.82 Å². The summed E-state index contributed by atoms with van der Waals surface area (Å²) in [4.78, 5) is 28.6. The summed E-state index contributed by atoms with van der Waals surface area (Å²) in [6.07, 6.45) is 7.17. The van der Waals surface area contributed by atoms with Crippen LogP contribution in [-0.2, 0) is 11.3 Å². The van der Waals surface area contributed by atoms with Gasteiger partial charge in [0.1, 0.15) is 0 Å². The van der Waals surface area contributed by atoms with Crippen molar-refractivity contribution < 1.29 is 9.18 Å². The molecule has 2 aromatic heterocycles. The maximum atomic E-state index is 13.0. The second-order valence-electron chi connectivity index (χ2n) is 5.91. The Morgan fingerprint density at radius 1 is 1.22 bits per heavy atom. The van der Waals surface area contributed by atoms with Gasteiger partial charge in [-0.2, -0.15) is 0 Å². The Morgan fingerprint density at radius 2 is 2.04 bits per heavy atom. The van der Waals surface area contributed by atoms with Gasteiger partial charge in [0.25, 0.3) is 0 Å². The first kappa shape index (κ1) is 14.0. The van der Waals surface area contributed by atoms with E-state index in [0.717, 1.165) is 18.5 Å². The van der Waals surface area contributed by atoms with Crippen molar-refractivity contribution in [3.63, 3.8) is 0 Å². The third kappa shape index (κ3) is 2.52. The van der Waals surface area contributed by atoms with Crippen LogP contribution in [0.1, 0.15) is 18.4 Å². The Labute approximate surface area is 133 Å². The second-order valence-corrected chi connectivity index (χ2v) is 5.91. The molecule has 0 aromatic carbocycles. The van der Waals surface area contributed by atoms with Crippen LogP contribution in [0.2, 0.25) is 0 Å². The molecule has 0 aliphatic carbocycles. The Morgan fingerprint density at radius 3 is 2.78 bits per heavy atom. The van der Waals surface area contributed by atoms with Gasteiger partial charge in [0, 0.05) is 31.9 Å². The molecule has 2 saturated heterocycles. The van der Waals surface area contributed by atoms with E-state index in [1.165, 1.54) is 12.4 Å². The quantitative estimate of drug-likeness (QED) is 0.857. The predicted octanol–water partition coefficient (Wildman–Crippen LogP) is 1.39. The minimum Gasteiger partial charge on any atom is -0.335 e. The van der Waals surface area contributed by atoms with Crippen LogP contribution in [0.5, 0.6) is 0 Å². The summed E-state index contributed by atoms with van der Waals surface area (Å²) >= 11 is 0. The first-order valence-electron chi connectivity index (χ1n) is 7.65. The Balaban J connectivity index is 1.54. The summed E-state index contributed by atoms with van der Waals surface area (Å²) in [5.41, 5.74) is 1.03. The van der Waals surface area contributed by atoms with Crippen molar-refractivity contribution in [2.24, 2.45) is 0 Å². The summed E-state index contributed by atoms with van der Waals surface area (Å²) in [5.74, 6) is 0.177. The fourth-order valence-electron chi connectivity index (χ4n) is 3.52. The van der Waals surface area contributed by atoms with Crippen LogP contribution in [0.4, 0.5) is 10.3 Å². The summed E-state index contributed by atoms with van der Waals surface area (Å²) in [6.45, 7) is 1.35. The first-order valence-corrected chi connectivity index (χ1v) is 7.65. The van der Waals surface area contributed by atoms with Gasteiger partial charge >= 0.3 is 0 Å². The number of fused-ring (bicyclic) bond motifs is 1. The molecule has 2 aliphatic heterocycles. The number of halogens is 1. The lowest BCUT2D eigenvalue weighted by molar-refractivity contribution is -0.129. The van der Waals surface area contributed by atoms with E-state index in [1.54, 1.807) is 12.4 Å². The van der Waals surface area contributed by atoms with Gasteiger partial charge in [0.15, 0.2) is 5.82 Å². The van der Waals surface area contributed by atoms with Crippen molar-refractivity contribution >= 4 is 11.9 Å². The number of anilines is 1. The van der Waals surface area contributed by atoms with E-state index in [4.69, 9.17) is 0 Å². The van der Waals surface area contributed by atoms with Crippen molar-refractivity contribution in [3.05, 3.63) is 48.3 Å². The van der Waals surface area contributed by atoms with Crippen LogP contribution in [0.15, 0.2) is 36.9 Å². The Kier molecular flexibility index (Phi) is 3.40. The molecule has 23 heavy (non-hydrogen) atoms. The molecule has 2 aliphatic rings. The lowest BCUT2D eigenvalue weighted by Crippen LogP contribution is -2.37. The average Bonchev–Trinajstić information content (AvgIpc) is 3.10. The fraction of sp³-hybridized carbons (Fsp3) is 0.375.